The van der Waals surface area contributed by atoms with Gasteiger partial charge in [0.05, 0.1) is 25.0 Å². The molecule has 0 bridgehead atoms. The van der Waals surface area contributed by atoms with Crippen molar-refractivity contribution in [2.24, 2.45) is 10.8 Å². The highest BCUT2D eigenvalue weighted by Gasteiger charge is 2.52. The molecule has 0 unspecified atom stereocenters. The summed E-state index contributed by atoms with van der Waals surface area (Å²) < 4.78 is 10.2. The van der Waals surface area contributed by atoms with Crippen LogP contribution in [0, 0.1) is 10.8 Å². The Morgan fingerprint density at radius 3 is 1.49 bits per heavy atom. The van der Waals surface area contributed by atoms with Crippen molar-refractivity contribution in [3.8, 4) is 11.5 Å². The number of aliphatic carboxylic acids is 1. The number of hydrogen-bond donors (Lipinski definition) is 3. The number of allylic oxidation sites excluding steroid dienone is 2. The summed E-state index contributed by atoms with van der Waals surface area (Å²) in [4.78, 5) is 24.0. The molecule has 4 aliphatic carbocycles. The fourth-order valence-corrected chi connectivity index (χ4v) is 7.32. The van der Waals surface area contributed by atoms with Crippen molar-refractivity contribution in [1.82, 2.24) is 0 Å². The highest BCUT2D eigenvalue weighted by Crippen LogP contribution is 2.50. The van der Waals surface area contributed by atoms with Gasteiger partial charge in [0.15, 0.2) is 0 Å². The molecule has 7 nitrogen and oxygen atoms in total. The van der Waals surface area contributed by atoms with E-state index in [9.17, 15) is 9.59 Å². The smallest absolute Gasteiger partial charge is 0.314 e. The standard InChI is InChI=1S/C24H27NO2.C13H17N.C11H12O3/c1-23(2,3)19-13-16-5-8-20(15-17(16)14-19)25-22(26)24(11-12-24)18-6-9-21(27-4)10-7-18;1-13(2,3)11-6-9-4-5-12(14)8-10(9)7-11;1-14-9-4-2-8(3-5-9)11(6-7-11)10(12)13/h5-10,14-15H,11-13H2,1-4H3,(H,25,26);4-5,7-8H,6,14H2,1-3H3;2-5H,6-7H2,1H3,(H,12,13). The Kier molecular flexibility index (Phi) is 10.8. The van der Waals surface area contributed by atoms with Gasteiger partial charge in [-0.1, -0.05) is 101 Å². The molecule has 288 valence electrons. The van der Waals surface area contributed by atoms with Gasteiger partial charge in [-0.2, -0.15) is 0 Å². The number of carbonyl (C=O) groups is 2. The molecule has 0 spiro atoms. The second-order valence-corrected chi connectivity index (χ2v) is 17.4. The number of benzene rings is 4. The SMILES string of the molecule is CC(C)(C)C1=Cc2cc(N)ccc2C1.COc1ccc(C2(C(=O)Nc3ccc4c(c3)C=C(C(C)(C)C)C4)CC2)cc1.COc1ccc(C2(C(=O)O)CC2)cc1. The maximum atomic E-state index is 13.0. The van der Waals surface area contributed by atoms with Crippen molar-refractivity contribution in [3.05, 3.63) is 129 Å². The number of nitrogens with one attached hydrogen (secondary N) is 1. The fourth-order valence-electron chi connectivity index (χ4n) is 7.32. The number of fused-ring (bicyclic) bond motifs is 2. The summed E-state index contributed by atoms with van der Waals surface area (Å²) in [6, 6.07) is 27.6. The van der Waals surface area contributed by atoms with Gasteiger partial charge in [0.25, 0.3) is 0 Å². The number of methoxy groups -OCH3 is 2. The van der Waals surface area contributed by atoms with Crippen LogP contribution in [-0.2, 0) is 33.3 Å². The van der Waals surface area contributed by atoms with Crippen molar-refractivity contribution >= 4 is 35.4 Å². The summed E-state index contributed by atoms with van der Waals surface area (Å²) in [5.41, 5.74) is 17.1. The number of nitrogen functional groups attached to an aromatic ring is 1. The zero-order valence-corrected chi connectivity index (χ0v) is 33.6. The van der Waals surface area contributed by atoms with Gasteiger partial charge in [0.2, 0.25) is 5.91 Å². The minimum absolute atomic E-state index is 0.0886. The van der Waals surface area contributed by atoms with E-state index in [2.05, 4.69) is 83.3 Å². The Labute approximate surface area is 326 Å². The van der Waals surface area contributed by atoms with E-state index in [4.69, 9.17) is 20.3 Å². The van der Waals surface area contributed by atoms with Gasteiger partial charge in [-0.25, -0.2) is 0 Å². The molecule has 4 aliphatic rings. The van der Waals surface area contributed by atoms with Crippen LogP contribution in [0.2, 0.25) is 0 Å². The Balaban J connectivity index is 0.000000155. The van der Waals surface area contributed by atoms with Crippen LogP contribution in [0.15, 0.2) is 96.1 Å². The molecule has 7 heteroatoms. The number of hydrogen-bond acceptors (Lipinski definition) is 5. The molecule has 0 aromatic heterocycles. The van der Waals surface area contributed by atoms with Crippen molar-refractivity contribution < 1.29 is 24.2 Å². The van der Waals surface area contributed by atoms with E-state index in [-0.39, 0.29) is 16.7 Å². The summed E-state index contributed by atoms with van der Waals surface area (Å²) in [7, 11) is 3.25. The second-order valence-electron chi connectivity index (χ2n) is 17.4. The first kappa shape index (κ1) is 39.4. The average Bonchev–Trinajstić information content (AvgIpc) is 4.06. The third-order valence-electron chi connectivity index (χ3n) is 11.6. The molecule has 55 heavy (non-hydrogen) atoms. The number of nitrogens with two attached hydrogens (primary N) is 1. The molecule has 4 aromatic carbocycles. The molecule has 0 heterocycles. The zero-order chi connectivity index (χ0) is 39.8. The van der Waals surface area contributed by atoms with Crippen LogP contribution in [0.4, 0.5) is 11.4 Å². The lowest BCUT2D eigenvalue weighted by atomic mass is 9.85. The third kappa shape index (κ3) is 8.67. The third-order valence-corrected chi connectivity index (χ3v) is 11.6. The number of carbonyl (C=O) groups excluding carboxylic acids is 1. The molecule has 0 radical (unpaired) electrons. The molecule has 1 amide bonds. The predicted molar refractivity (Wildman–Crippen MR) is 224 cm³/mol. The van der Waals surface area contributed by atoms with E-state index < -0.39 is 16.8 Å². The average molecular weight is 741 g/mol. The number of amides is 1. The summed E-state index contributed by atoms with van der Waals surface area (Å²) in [6.07, 6.45) is 9.92. The number of carboxylic acids is 1. The normalized spacial score (nSPS) is 16.7. The van der Waals surface area contributed by atoms with Crippen molar-refractivity contribution in [2.75, 3.05) is 25.3 Å². The van der Waals surface area contributed by atoms with Gasteiger partial charge >= 0.3 is 5.97 Å². The number of anilines is 2. The first-order chi connectivity index (χ1) is 26.0. The molecule has 0 aliphatic heterocycles. The summed E-state index contributed by atoms with van der Waals surface area (Å²) in [5, 5.41) is 12.2. The molecular weight excluding hydrogens is 685 g/mol. The van der Waals surface area contributed by atoms with Crippen LogP contribution in [0.3, 0.4) is 0 Å². The lowest BCUT2D eigenvalue weighted by molar-refractivity contribution is -0.140. The number of carboxylic acid groups (broad SMARTS) is 1. The summed E-state index contributed by atoms with van der Waals surface area (Å²) >= 11 is 0. The van der Waals surface area contributed by atoms with E-state index >= 15 is 0 Å². The van der Waals surface area contributed by atoms with Gasteiger partial charge in [-0.15, -0.1) is 0 Å². The van der Waals surface area contributed by atoms with Crippen LogP contribution in [0.5, 0.6) is 11.5 Å². The molecule has 0 saturated heterocycles. The van der Waals surface area contributed by atoms with Gasteiger partial charge in [0.1, 0.15) is 11.5 Å². The molecule has 8 rings (SSSR count). The van der Waals surface area contributed by atoms with Gasteiger partial charge in [-0.05, 0) is 131 Å². The van der Waals surface area contributed by atoms with E-state index in [1.807, 2.05) is 48.5 Å². The second kappa shape index (κ2) is 15.1. The molecule has 2 saturated carbocycles. The topological polar surface area (TPSA) is 111 Å². The van der Waals surface area contributed by atoms with E-state index in [0.29, 0.717) is 0 Å². The highest BCUT2D eigenvalue weighted by molar-refractivity contribution is 6.01. The molecule has 4 aromatic rings. The largest absolute Gasteiger partial charge is 0.497 e. The van der Waals surface area contributed by atoms with Crippen molar-refractivity contribution in [3.63, 3.8) is 0 Å². The lowest BCUT2D eigenvalue weighted by Crippen LogP contribution is -2.27. The van der Waals surface area contributed by atoms with Crippen LogP contribution >= 0.6 is 0 Å². The van der Waals surface area contributed by atoms with Crippen molar-refractivity contribution in [1.29, 1.82) is 0 Å². The van der Waals surface area contributed by atoms with Crippen molar-refractivity contribution in [2.45, 2.75) is 90.9 Å². The summed E-state index contributed by atoms with van der Waals surface area (Å²) in [5.74, 6) is 0.943. The van der Waals surface area contributed by atoms with Crippen LogP contribution in [0.1, 0.15) is 101 Å². The van der Waals surface area contributed by atoms with Gasteiger partial charge in [0, 0.05) is 11.4 Å². The van der Waals surface area contributed by atoms with E-state index in [1.54, 1.807) is 26.4 Å². The summed E-state index contributed by atoms with van der Waals surface area (Å²) in [6.45, 7) is 13.5. The van der Waals surface area contributed by atoms with Crippen LogP contribution in [-0.4, -0.2) is 31.2 Å². The number of ether oxygens (including phenoxy) is 2. The monoisotopic (exact) mass is 740 g/mol. The Morgan fingerprint density at radius 1 is 0.636 bits per heavy atom. The predicted octanol–water partition coefficient (Wildman–Crippen LogP) is 10.4. The Hall–Kier alpha value is -5.30. The first-order valence-corrected chi connectivity index (χ1v) is 19.2. The van der Waals surface area contributed by atoms with Crippen LogP contribution < -0.4 is 20.5 Å². The lowest BCUT2D eigenvalue weighted by Gasteiger charge is -2.19. The minimum Gasteiger partial charge on any atom is -0.497 e. The maximum absolute atomic E-state index is 13.0. The van der Waals surface area contributed by atoms with Crippen LogP contribution in [0.25, 0.3) is 12.2 Å². The maximum Gasteiger partial charge on any atom is 0.314 e. The molecule has 0 atom stereocenters. The van der Waals surface area contributed by atoms with E-state index in [1.165, 1.54) is 33.4 Å². The molecule has 2 fully saturated rings. The van der Waals surface area contributed by atoms with Gasteiger partial charge in [-0.3, -0.25) is 9.59 Å². The fraction of sp³-hybridized carbons (Fsp3) is 0.375. The zero-order valence-electron chi connectivity index (χ0n) is 33.6. The number of rotatable bonds is 7. The Bertz CT molecular complexity index is 2120. The highest BCUT2D eigenvalue weighted by atomic mass is 16.5. The van der Waals surface area contributed by atoms with Gasteiger partial charge < -0.3 is 25.6 Å². The minimum atomic E-state index is -0.720. The first-order valence-electron chi connectivity index (χ1n) is 19.2. The molecular formula is C48H56N2O5. The quantitative estimate of drug-likeness (QED) is 0.163. The van der Waals surface area contributed by atoms with E-state index in [0.717, 1.165) is 72.5 Å². The Morgan fingerprint density at radius 2 is 1.07 bits per heavy atom. The molecule has 4 N–H and O–H groups in total.